The molecule has 0 aromatic rings. The lowest BCUT2D eigenvalue weighted by Gasteiger charge is -2.52. The predicted octanol–water partition coefficient (Wildman–Crippen LogP) is 1.39. The molecule has 17 heavy (non-hydrogen) atoms. The van der Waals surface area contributed by atoms with E-state index in [9.17, 15) is 0 Å². The summed E-state index contributed by atoms with van der Waals surface area (Å²) >= 11 is 0. The number of likely N-dealkylation sites (tertiary alicyclic amines) is 2. The second-order valence-corrected chi connectivity index (χ2v) is 6.62. The number of rotatable bonds is 2. The van der Waals surface area contributed by atoms with Gasteiger partial charge < -0.3 is 10.6 Å². The van der Waals surface area contributed by atoms with Gasteiger partial charge >= 0.3 is 0 Å². The third kappa shape index (κ3) is 2.83. The number of likely N-dealkylation sites (N-methyl/N-ethyl adjacent to an activating group) is 1. The molecular formula is C14H29N3. The van der Waals surface area contributed by atoms with Crippen molar-refractivity contribution in [1.82, 2.24) is 9.80 Å². The molecule has 2 rings (SSSR count). The highest BCUT2D eigenvalue weighted by molar-refractivity contribution is 4.99. The zero-order valence-corrected chi connectivity index (χ0v) is 11.8. The molecule has 0 aromatic carbocycles. The Morgan fingerprint density at radius 1 is 1.24 bits per heavy atom. The molecule has 3 unspecified atom stereocenters. The van der Waals surface area contributed by atoms with Gasteiger partial charge in [-0.15, -0.1) is 0 Å². The zero-order valence-electron chi connectivity index (χ0n) is 11.8. The minimum absolute atomic E-state index is 0.260. The molecule has 2 saturated heterocycles. The lowest BCUT2D eigenvalue weighted by atomic mass is 9.82. The molecule has 0 aromatic heterocycles. The Hall–Kier alpha value is -0.120. The summed E-state index contributed by atoms with van der Waals surface area (Å²) in [5.74, 6) is 1.66. The minimum Gasteiger partial charge on any atom is -0.329 e. The summed E-state index contributed by atoms with van der Waals surface area (Å²) in [6.45, 7) is 10.5. The van der Waals surface area contributed by atoms with E-state index in [0.29, 0.717) is 0 Å². The van der Waals surface area contributed by atoms with Crippen LogP contribution in [0.3, 0.4) is 0 Å². The lowest BCUT2D eigenvalue weighted by molar-refractivity contribution is -0.0143. The fraction of sp³-hybridized carbons (Fsp3) is 1.00. The first-order chi connectivity index (χ1) is 8.05. The number of hydrogen-bond acceptors (Lipinski definition) is 3. The Balaban J connectivity index is 2.10. The van der Waals surface area contributed by atoms with Crippen LogP contribution in [-0.2, 0) is 0 Å². The molecule has 0 saturated carbocycles. The van der Waals surface area contributed by atoms with E-state index in [2.05, 4.69) is 30.7 Å². The molecule has 3 atom stereocenters. The molecule has 0 aliphatic carbocycles. The van der Waals surface area contributed by atoms with Crippen LogP contribution in [0.5, 0.6) is 0 Å². The minimum atomic E-state index is 0.260. The van der Waals surface area contributed by atoms with E-state index in [1.54, 1.807) is 0 Å². The molecule has 3 nitrogen and oxygen atoms in total. The van der Waals surface area contributed by atoms with E-state index in [4.69, 9.17) is 5.73 Å². The van der Waals surface area contributed by atoms with Gasteiger partial charge in [0.25, 0.3) is 0 Å². The summed E-state index contributed by atoms with van der Waals surface area (Å²) in [5, 5.41) is 0. The molecular weight excluding hydrogens is 210 g/mol. The highest BCUT2D eigenvalue weighted by atomic mass is 15.3. The van der Waals surface area contributed by atoms with Crippen LogP contribution in [0, 0.1) is 11.8 Å². The molecule has 100 valence electrons. The third-order valence-electron chi connectivity index (χ3n) is 4.67. The molecule has 2 heterocycles. The maximum atomic E-state index is 6.15. The smallest absolute Gasteiger partial charge is 0.0458 e. The second kappa shape index (κ2) is 5.25. The molecule has 0 spiro atoms. The Morgan fingerprint density at radius 3 is 2.41 bits per heavy atom. The summed E-state index contributed by atoms with van der Waals surface area (Å²) in [4.78, 5) is 5.17. The fourth-order valence-electron chi connectivity index (χ4n) is 3.94. The third-order valence-corrected chi connectivity index (χ3v) is 4.67. The Bertz CT molecular complexity index is 246. The number of nitrogens with two attached hydrogens (primary N) is 1. The maximum absolute atomic E-state index is 6.15. The van der Waals surface area contributed by atoms with Gasteiger partial charge in [-0.25, -0.2) is 0 Å². The molecule has 0 bridgehead atoms. The van der Waals surface area contributed by atoms with Crippen molar-refractivity contribution in [2.24, 2.45) is 17.6 Å². The van der Waals surface area contributed by atoms with Crippen molar-refractivity contribution in [3.8, 4) is 0 Å². The Labute approximate surface area is 106 Å². The van der Waals surface area contributed by atoms with E-state index in [1.165, 1.54) is 38.9 Å². The molecule has 3 heteroatoms. The normalized spacial score (nSPS) is 41.6. The summed E-state index contributed by atoms with van der Waals surface area (Å²) in [7, 11) is 2.24. The zero-order chi connectivity index (χ0) is 12.5. The van der Waals surface area contributed by atoms with Crippen molar-refractivity contribution < 1.29 is 0 Å². The van der Waals surface area contributed by atoms with Crippen molar-refractivity contribution in [2.45, 2.75) is 38.6 Å². The van der Waals surface area contributed by atoms with E-state index >= 15 is 0 Å². The first-order valence-corrected chi connectivity index (χ1v) is 7.19. The molecule has 0 amide bonds. The molecule has 2 N–H and O–H groups in total. The lowest BCUT2D eigenvalue weighted by Crippen LogP contribution is -2.64. The van der Waals surface area contributed by atoms with Gasteiger partial charge in [0.2, 0.25) is 0 Å². The van der Waals surface area contributed by atoms with Crippen molar-refractivity contribution in [2.75, 3.05) is 39.8 Å². The molecule has 2 fully saturated rings. The Morgan fingerprint density at radius 2 is 1.88 bits per heavy atom. The summed E-state index contributed by atoms with van der Waals surface area (Å²) in [6, 6.07) is 0. The van der Waals surface area contributed by atoms with Gasteiger partial charge in [0.15, 0.2) is 0 Å². The average molecular weight is 239 g/mol. The predicted molar refractivity (Wildman–Crippen MR) is 73.0 cm³/mol. The van der Waals surface area contributed by atoms with Gasteiger partial charge in [0.1, 0.15) is 0 Å². The van der Waals surface area contributed by atoms with E-state index < -0.39 is 0 Å². The van der Waals surface area contributed by atoms with Gasteiger partial charge in [-0.2, -0.15) is 0 Å². The van der Waals surface area contributed by atoms with Crippen molar-refractivity contribution in [3.05, 3.63) is 0 Å². The highest BCUT2D eigenvalue weighted by Crippen LogP contribution is 2.32. The number of nitrogens with zero attached hydrogens (tertiary/aromatic N) is 2. The van der Waals surface area contributed by atoms with Crippen molar-refractivity contribution >= 4 is 0 Å². The van der Waals surface area contributed by atoms with Crippen LogP contribution in [0.15, 0.2) is 0 Å². The molecule has 0 radical (unpaired) electrons. The quantitative estimate of drug-likeness (QED) is 0.790. The van der Waals surface area contributed by atoms with Gasteiger partial charge in [-0.05, 0) is 44.7 Å². The van der Waals surface area contributed by atoms with Crippen LogP contribution in [0.1, 0.15) is 33.1 Å². The van der Waals surface area contributed by atoms with Crippen molar-refractivity contribution in [3.63, 3.8) is 0 Å². The van der Waals surface area contributed by atoms with E-state index in [0.717, 1.165) is 24.9 Å². The summed E-state index contributed by atoms with van der Waals surface area (Å²) in [6.07, 6.45) is 3.97. The first kappa shape index (κ1) is 13.3. The van der Waals surface area contributed by atoms with E-state index in [-0.39, 0.29) is 5.54 Å². The first-order valence-electron chi connectivity index (χ1n) is 7.19. The molecule has 2 aliphatic heterocycles. The van der Waals surface area contributed by atoms with Crippen LogP contribution in [0.2, 0.25) is 0 Å². The van der Waals surface area contributed by atoms with Gasteiger partial charge in [0.05, 0.1) is 0 Å². The summed E-state index contributed by atoms with van der Waals surface area (Å²) < 4.78 is 0. The summed E-state index contributed by atoms with van der Waals surface area (Å²) in [5.41, 5.74) is 6.41. The van der Waals surface area contributed by atoms with Gasteiger partial charge in [-0.1, -0.05) is 13.8 Å². The van der Waals surface area contributed by atoms with E-state index in [1.807, 2.05) is 0 Å². The van der Waals surface area contributed by atoms with Crippen LogP contribution in [-0.4, -0.2) is 55.1 Å². The molecule has 2 aliphatic rings. The Kier molecular flexibility index (Phi) is 4.11. The maximum Gasteiger partial charge on any atom is 0.0458 e. The largest absolute Gasteiger partial charge is 0.329 e. The van der Waals surface area contributed by atoms with Crippen LogP contribution >= 0.6 is 0 Å². The van der Waals surface area contributed by atoms with Crippen LogP contribution in [0.4, 0.5) is 0 Å². The average Bonchev–Trinajstić information content (AvgIpc) is 2.27. The fourth-order valence-corrected chi connectivity index (χ4v) is 3.94. The number of piperidine rings is 2. The van der Waals surface area contributed by atoms with Gasteiger partial charge in [0, 0.05) is 31.7 Å². The van der Waals surface area contributed by atoms with Gasteiger partial charge in [-0.3, -0.25) is 4.90 Å². The highest BCUT2D eigenvalue weighted by Gasteiger charge is 2.41. The van der Waals surface area contributed by atoms with Crippen molar-refractivity contribution in [1.29, 1.82) is 0 Å². The monoisotopic (exact) mass is 239 g/mol. The number of hydrogen-bond donors (Lipinski definition) is 1. The second-order valence-electron chi connectivity index (χ2n) is 6.62. The standard InChI is InChI=1S/C14H29N3/c1-12-7-13(2)9-17(8-12)14(10-15)5-4-6-16(3)11-14/h12-13H,4-11,15H2,1-3H3. The topological polar surface area (TPSA) is 32.5 Å². The van der Waals surface area contributed by atoms with Crippen LogP contribution < -0.4 is 5.73 Å². The van der Waals surface area contributed by atoms with Crippen LogP contribution in [0.25, 0.3) is 0 Å². The SMILES string of the molecule is CC1CC(C)CN(C2(CN)CCCN(C)C2)C1.